The highest BCUT2D eigenvalue weighted by Gasteiger charge is 2.21. The van der Waals surface area contributed by atoms with Crippen LogP contribution < -0.4 is 15.2 Å². The molecule has 0 radical (unpaired) electrons. The van der Waals surface area contributed by atoms with E-state index < -0.39 is 12.0 Å². The van der Waals surface area contributed by atoms with Crippen LogP contribution in [0.4, 0.5) is 5.82 Å². The fraction of sp³-hybridized carbons (Fsp3) is 0.348. The summed E-state index contributed by atoms with van der Waals surface area (Å²) in [7, 11) is 3.17. The monoisotopic (exact) mass is 438 g/mol. The van der Waals surface area contributed by atoms with E-state index in [9.17, 15) is 14.4 Å². The molecule has 9 nitrogen and oxygen atoms in total. The van der Waals surface area contributed by atoms with E-state index in [2.05, 4.69) is 9.97 Å². The summed E-state index contributed by atoms with van der Waals surface area (Å²) in [6, 6.07) is 10.3. The fourth-order valence-corrected chi connectivity index (χ4v) is 3.55. The number of pyridine rings is 1. The minimum absolute atomic E-state index is 0.0538. The number of carboxylic acids is 1. The van der Waals surface area contributed by atoms with Crippen LogP contribution in [-0.2, 0) is 16.0 Å². The normalized spacial score (nSPS) is 11.9. The summed E-state index contributed by atoms with van der Waals surface area (Å²) in [6.45, 7) is 3.29. The second-order valence-electron chi connectivity index (χ2n) is 7.49. The number of anilines is 1. The lowest BCUT2D eigenvalue weighted by atomic mass is 10.1. The topological polar surface area (TPSA) is 115 Å². The first kappa shape index (κ1) is 22.9. The highest BCUT2D eigenvalue weighted by Crippen LogP contribution is 2.29. The number of aromatic nitrogens is 3. The first-order valence-corrected chi connectivity index (χ1v) is 10.3. The number of rotatable bonds is 8. The van der Waals surface area contributed by atoms with Crippen LogP contribution in [0.1, 0.15) is 44.0 Å². The molecule has 0 aliphatic rings. The predicted molar refractivity (Wildman–Crippen MR) is 120 cm³/mol. The molecule has 3 aromatic rings. The third-order valence-corrected chi connectivity index (χ3v) is 5.39. The average molecular weight is 438 g/mol. The van der Waals surface area contributed by atoms with Crippen LogP contribution in [0.25, 0.3) is 11.2 Å². The molecule has 1 atom stereocenters. The Hall–Kier alpha value is -3.75. The summed E-state index contributed by atoms with van der Waals surface area (Å²) in [5.74, 6) is -0.0963. The van der Waals surface area contributed by atoms with Crippen molar-refractivity contribution in [1.82, 2.24) is 14.5 Å². The molecular formula is C23H26N4O5. The number of benzene rings is 1. The number of fused-ring (bicyclic) bond motifs is 1. The smallest absolute Gasteiger partial charge is 0.303 e. The molecule has 0 saturated heterocycles. The number of aliphatic carboxylic acids is 1. The van der Waals surface area contributed by atoms with Crippen LogP contribution >= 0.6 is 0 Å². The van der Waals surface area contributed by atoms with Crippen molar-refractivity contribution in [2.24, 2.45) is 0 Å². The molecule has 0 bridgehead atoms. The molecule has 168 valence electrons. The van der Waals surface area contributed by atoms with E-state index in [1.807, 2.05) is 31.2 Å². The number of amides is 1. The maximum absolute atomic E-state index is 13.5. The van der Waals surface area contributed by atoms with Gasteiger partial charge in [-0.2, -0.15) is 0 Å². The predicted octanol–water partition coefficient (Wildman–Crippen LogP) is 2.80. The number of carbonyl (C=O) groups is 2. The molecule has 3 rings (SSSR count). The third kappa shape index (κ3) is 4.61. The average Bonchev–Trinajstić information content (AvgIpc) is 2.78. The van der Waals surface area contributed by atoms with Crippen molar-refractivity contribution >= 4 is 28.9 Å². The van der Waals surface area contributed by atoms with E-state index in [1.165, 1.54) is 16.4 Å². The molecule has 32 heavy (non-hydrogen) atoms. The van der Waals surface area contributed by atoms with Crippen LogP contribution in [0.5, 0.6) is 5.75 Å². The fourth-order valence-electron chi connectivity index (χ4n) is 3.55. The zero-order valence-corrected chi connectivity index (χ0v) is 18.5. The van der Waals surface area contributed by atoms with Gasteiger partial charge in [0.05, 0.1) is 13.2 Å². The maximum Gasteiger partial charge on any atom is 0.303 e. The molecule has 0 spiro atoms. The largest absolute Gasteiger partial charge is 0.496 e. The molecule has 2 heterocycles. The Bertz CT molecular complexity index is 1220. The number of ether oxygens (including phenoxy) is 1. The Morgan fingerprint density at radius 3 is 2.56 bits per heavy atom. The van der Waals surface area contributed by atoms with E-state index in [4.69, 9.17) is 9.84 Å². The van der Waals surface area contributed by atoms with Gasteiger partial charge in [-0.15, -0.1) is 0 Å². The van der Waals surface area contributed by atoms with Gasteiger partial charge in [0.2, 0.25) is 5.91 Å². The van der Waals surface area contributed by atoms with Gasteiger partial charge in [-0.1, -0.05) is 18.2 Å². The molecular weight excluding hydrogens is 412 g/mol. The van der Waals surface area contributed by atoms with E-state index in [0.717, 1.165) is 5.56 Å². The van der Waals surface area contributed by atoms with Crippen molar-refractivity contribution in [2.75, 3.05) is 19.1 Å². The minimum atomic E-state index is -0.924. The van der Waals surface area contributed by atoms with Gasteiger partial charge in [0, 0.05) is 26.0 Å². The Balaban J connectivity index is 2.23. The molecule has 1 aromatic carbocycles. The van der Waals surface area contributed by atoms with Crippen molar-refractivity contribution in [1.29, 1.82) is 0 Å². The number of nitrogens with zero attached hydrogens (tertiary/aromatic N) is 4. The van der Waals surface area contributed by atoms with E-state index in [1.54, 1.807) is 26.3 Å². The number of methoxy groups -OCH3 is 1. The second-order valence-corrected chi connectivity index (χ2v) is 7.49. The van der Waals surface area contributed by atoms with Gasteiger partial charge in [-0.25, -0.2) is 9.97 Å². The highest BCUT2D eigenvalue weighted by molar-refractivity contribution is 5.90. The molecule has 0 unspecified atom stereocenters. The number of aryl methyl sites for hydroxylation is 1. The highest BCUT2D eigenvalue weighted by atomic mass is 16.5. The number of carbonyl (C=O) groups excluding carboxylic acids is 1. The van der Waals surface area contributed by atoms with Gasteiger partial charge in [-0.05, 0) is 38.0 Å². The first-order chi connectivity index (χ1) is 15.2. The van der Waals surface area contributed by atoms with Crippen LogP contribution in [0.2, 0.25) is 0 Å². The lowest BCUT2D eigenvalue weighted by Crippen LogP contribution is -2.30. The van der Waals surface area contributed by atoms with Gasteiger partial charge in [0.15, 0.2) is 5.65 Å². The summed E-state index contributed by atoms with van der Waals surface area (Å²) in [5.41, 5.74) is 1.53. The Morgan fingerprint density at radius 1 is 1.19 bits per heavy atom. The molecule has 0 fully saturated rings. The quantitative estimate of drug-likeness (QED) is 0.575. The van der Waals surface area contributed by atoms with Gasteiger partial charge >= 0.3 is 5.97 Å². The summed E-state index contributed by atoms with van der Waals surface area (Å²) in [6.07, 6.45) is 0.474. The van der Waals surface area contributed by atoms with Crippen LogP contribution in [0.3, 0.4) is 0 Å². The van der Waals surface area contributed by atoms with Crippen LogP contribution in [0.15, 0.2) is 41.2 Å². The molecule has 9 heteroatoms. The lowest BCUT2D eigenvalue weighted by Gasteiger charge is -2.22. The Labute approximate surface area is 185 Å². The van der Waals surface area contributed by atoms with Crippen LogP contribution in [-0.4, -0.2) is 45.7 Å². The summed E-state index contributed by atoms with van der Waals surface area (Å²) in [4.78, 5) is 46.7. The maximum atomic E-state index is 13.5. The van der Waals surface area contributed by atoms with Crippen molar-refractivity contribution < 1.29 is 19.4 Å². The van der Waals surface area contributed by atoms with Crippen molar-refractivity contribution in [3.05, 3.63) is 58.0 Å². The van der Waals surface area contributed by atoms with Crippen LogP contribution in [0, 0.1) is 0 Å². The standard InChI is InChI=1S/C23H26N4O5/c1-14(16-8-5-6-10-19(16)32-4)27-22-17(12-13-20(25-22)26(3)15(2)28)24-18(23(27)31)9-7-11-21(29)30/h5-6,8,10,12-14H,7,9,11H2,1-4H3,(H,29,30)/t14-/m0/s1. The van der Waals surface area contributed by atoms with Gasteiger partial charge in [0.1, 0.15) is 22.8 Å². The Kier molecular flexibility index (Phi) is 6.87. The van der Waals surface area contributed by atoms with E-state index in [0.29, 0.717) is 29.2 Å². The van der Waals surface area contributed by atoms with Gasteiger partial charge in [0.25, 0.3) is 5.56 Å². The van der Waals surface area contributed by atoms with Crippen molar-refractivity contribution in [2.45, 2.75) is 39.2 Å². The SMILES string of the molecule is COc1ccccc1[C@H](C)n1c(=O)c(CCCC(=O)O)nc2ccc(N(C)C(C)=O)nc21. The van der Waals surface area contributed by atoms with Crippen molar-refractivity contribution in [3.63, 3.8) is 0 Å². The molecule has 0 aliphatic carbocycles. The number of carboxylic acid groups (broad SMARTS) is 1. The molecule has 0 saturated carbocycles. The zero-order valence-electron chi connectivity index (χ0n) is 18.5. The summed E-state index contributed by atoms with van der Waals surface area (Å²) >= 11 is 0. The number of hydrogen-bond acceptors (Lipinski definition) is 6. The Morgan fingerprint density at radius 2 is 1.91 bits per heavy atom. The van der Waals surface area contributed by atoms with E-state index >= 15 is 0 Å². The van der Waals surface area contributed by atoms with Gasteiger partial charge < -0.3 is 14.7 Å². The molecule has 1 N–H and O–H groups in total. The molecule has 0 aliphatic heterocycles. The number of hydrogen-bond donors (Lipinski definition) is 1. The second kappa shape index (κ2) is 9.59. The zero-order chi connectivity index (χ0) is 23.4. The lowest BCUT2D eigenvalue weighted by molar-refractivity contribution is -0.137. The first-order valence-electron chi connectivity index (χ1n) is 10.3. The number of para-hydroxylation sites is 1. The van der Waals surface area contributed by atoms with Gasteiger partial charge in [-0.3, -0.25) is 19.0 Å². The van der Waals surface area contributed by atoms with E-state index in [-0.39, 0.29) is 30.0 Å². The summed E-state index contributed by atoms with van der Waals surface area (Å²) < 4.78 is 7.02. The minimum Gasteiger partial charge on any atom is -0.496 e. The third-order valence-electron chi connectivity index (χ3n) is 5.39. The molecule has 2 aromatic heterocycles. The van der Waals surface area contributed by atoms with Crippen molar-refractivity contribution in [3.8, 4) is 5.75 Å². The molecule has 1 amide bonds. The summed E-state index contributed by atoms with van der Waals surface area (Å²) in [5, 5.41) is 8.95.